The van der Waals surface area contributed by atoms with Crippen LogP contribution in [0.4, 0.5) is 5.69 Å². The molecule has 1 amide bonds. The number of carbonyl (C=O) groups is 1. The Morgan fingerprint density at radius 1 is 1.25 bits per heavy atom. The lowest BCUT2D eigenvalue weighted by molar-refractivity contribution is -0.385. The number of ether oxygens (including phenoxy) is 2. The number of fused-ring (bicyclic) bond motifs is 1. The Balaban J connectivity index is 1.73. The van der Waals surface area contributed by atoms with Gasteiger partial charge in [-0.05, 0) is 30.3 Å². The third-order valence-electron chi connectivity index (χ3n) is 3.19. The summed E-state index contributed by atoms with van der Waals surface area (Å²) in [6, 6.07) is 8.75. The van der Waals surface area contributed by atoms with Crippen molar-refractivity contribution >= 4 is 29.4 Å². The van der Waals surface area contributed by atoms with Crippen LogP contribution in [-0.2, 0) is 0 Å². The Kier molecular flexibility index (Phi) is 4.30. The van der Waals surface area contributed by atoms with E-state index in [9.17, 15) is 14.9 Å². The van der Waals surface area contributed by atoms with Gasteiger partial charge in [0, 0.05) is 16.7 Å². The molecule has 0 bridgehead atoms. The fourth-order valence-electron chi connectivity index (χ4n) is 2.06. The molecule has 0 spiro atoms. The van der Waals surface area contributed by atoms with Gasteiger partial charge in [0.2, 0.25) is 6.79 Å². The Morgan fingerprint density at radius 2 is 2.04 bits per heavy atom. The monoisotopic (exact) mass is 347 g/mol. The van der Waals surface area contributed by atoms with Crippen molar-refractivity contribution in [2.75, 3.05) is 6.79 Å². The van der Waals surface area contributed by atoms with E-state index in [-0.39, 0.29) is 18.0 Å². The molecule has 0 unspecified atom stereocenters. The van der Waals surface area contributed by atoms with Gasteiger partial charge in [-0.2, -0.15) is 5.10 Å². The van der Waals surface area contributed by atoms with Crippen molar-refractivity contribution < 1.29 is 19.2 Å². The maximum absolute atomic E-state index is 12.0. The van der Waals surface area contributed by atoms with Crippen molar-refractivity contribution in [3.63, 3.8) is 0 Å². The van der Waals surface area contributed by atoms with Gasteiger partial charge in [0.1, 0.15) is 0 Å². The first-order valence-electron chi connectivity index (χ1n) is 6.71. The molecule has 2 aromatic rings. The molecule has 0 atom stereocenters. The Labute approximate surface area is 140 Å². The fourth-order valence-corrected chi connectivity index (χ4v) is 2.24. The smallest absolute Gasteiger partial charge is 0.278 e. The van der Waals surface area contributed by atoms with Crippen molar-refractivity contribution in [3.8, 4) is 11.5 Å². The van der Waals surface area contributed by atoms with Crippen LogP contribution in [-0.4, -0.2) is 23.8 Å². The molecule has 0 fully saturated rings. The Bertz CT molecular complexity index is 853. The second kappa shape index (κ2) is 6.55. The number of rotatable bonds is 4. The predicted octanol–water partition coefficient (Wildman–Crippen LogP) is 2.74. The standard InChI is InChI=1S/C15H10ClN3O5/c16-11-2-3-12(19(21)22)10(5-11)7-17-18-15(20)9-1-4-13-14(6-9)24-8-23-13/h1-7H,8H2,(H,18,20). The number of amides is 1. The van der Waals surface area contributed by atoms with E-state index in [1.54, 1.807) is 12.1 Å². The minimum atomic E-state index is -0.558. The molecule has 3 rings (SSSR count). The molecule has 0 saturated heterocycles. The molecule has 2 aromatic carbocycles. The molecule has 122 valence electrons. The van der Waals surface area contributed by atoms with E-state index in [0.717, 1.165) is 6.21 Å². The van der Waals surface area contributed by atoms with Gasteiger partial charge in [0.05, 0.1) is 16.7 Å². The van der Waals surface area contributed by atoms with Gasteiger partial charge in [-0.1, -0.05) is 11.6 Å². The maximum atomic E-state index is 12.0. The van der Waals surface area contributed by atoms with Crippen molar-refractivity contribution in [1.29, 1.82) is 0 Å². The van der Waals surface area contributed by atoms with Gasteiger partial charge in [0.15, 0.2) is 11.5 Å². The fraction of sp³-hybridized carbons (Fsp3) is 0.0667. The molecular weight excluding hydrogens is 338 g/mol. The molecule has 0 saturated carbocycles. The zero-order valence-corrected chi connectivity index (χ0v) is 12.8. The van der Waals surface area contributed by atoms with E-state index < -0.39 is 10.8 Å². The predicted molar refractivity (Wildman–Crippen MR) is 85.7 cm³/mol. The number of halogens is 1. The summed E-state index contributed by atoms with van der Waals surface area (Å²) in [5.74, 6) is 0.538. The third-order valence-corrected chi connectivity index (χ3v) is 3.43. The summed E-state index contributed by atoms with van der Waals surface area (Å²) in [5, 5.41) is 15.0. The van der Waals surface area contributed by atoms with E-state index in [0.29, 0.717) is 22.1 Å². The van der Waals surface area contributed by atoms with Crippen molar-refractivity contribution in [2.45, 2.75) is 0 Å². The first-order valence-corrected chi connectivity index (χ1v) is 7.09. The number of benzene rings is 2. The maximum Gasteiger partial charge on any atom is 0.278 e. The molecule has 0 aromatic heterocycles. The quantitative estimate of drug-likeness (QED) is 0.520. The minimum absolute atomic E-state index is 0.108. The highest BCUT2D eigenvalue weighted by atomic mass is 35.5. The minimum Gasteiger partial charge on any atom is -0.454 e. The normalized spacial score (nSPS) is 12.4. The van der Waals surface area contributed by atoms with Crippen LogP contribution in [0.25, 0.3) is 0 Å². The summed E-state index contributed by atoms with van der Waals surface area (Å²) in [6.07, 6.45) is 1.16. The number of hydrogen-bond donors (Lipinski definition) is 1. The van der Waals surface area contributed by atoms with Gasteiger partial charge in [-0.15, -0.1) is 0 Å². The molecular formula is C15H10ClN3O5. The first-order chi connectivity index (χ1) is 11.5. The van der Waals surface area contributed by atoms with Crippen LogP contribution in [0.15, 0.2) is 41.5 Å². The Hall–Kier alpha value is -3.13. The van der Waals surface area contributed by atoms with Crippen LogP contribution in [0, 0.1) is 10.1 Å². The third kappa shape index (κ3) is 3.28. The summed E-state index contributed by atoms with van der Waals surface area (Å²) >= 11 is 5.82. The van der Waals surface area contributed by atoms with E-state index >= 15 is 0 Å². The lowest BCUT2D eigenvalue weighted by Crippen LogP contribution is -2.17. The van der Waals surface area contributed by atoms with Gasteiger partial charge in [-0.3, -0.25) is 14.9 Å². The molecule has 8 nitrogen and oxygen atoms in total. The molecule has 0 aliphatic carbocycles. The highest BCUT2D eigenvalue weighted by molar-refractivity contribution is 6.31. The van der Waals surface area contributed by atoms with Crippen LogP contribution in [0.2, 0.25) is 5.02 Å². The largest absolute Gasteiger partial charge is 0.454 e. The number of nitro groups is 1. The number of nitro benzene ring substituents is 1. The summed E-state index contributed by atoms with van der Waals surface area (Å²) in [4.78, 5) is 22.4. The van der Waals surface area contributed by atoms with E-state index in [4.69, 9.17) is 21.1 Å². The van der Waals surface area contributed by atoms with Crippen LogP contribution < -0.4 is 14.9 Å². The lowest BCUT2D eigenvalue weighted by atomic mass is 10.2. The molecule has 1 N–H and O–H groups in total. The number of hydrazone groups is 1. The van der Waals surface area contributed by atoms with Crippen molar-refractivity contribution in [3.05, 3.63) is 62.7 Å². The molecule has 9 heteroatoms. The second-order valence-corrected chi connectivity index (χ2v) is 5.16. The SMILES string of the molecule is O=C(NN=Cc1cc(Cl)ccc1[N+](=O)[O-])c1ccc2c(c1)OCO2. The molecule has 1 aliphatic heterocycles. The number of nitrogens with zero attached hydrogens (tertiary/aromatic N) is 2. The number of nitrogens with one attached hydrogen (secondary N) is 1. The summed E-state index contributed by atoms with van der Waals surface area (Å²) in [5.41, 5.74) is 2.62. The average Bonchev–Trinajstić information content (AvgIpc) is 3.02. The molecule has 24 heavy (non-hydrogen) atoms. The van der Waals surface area contributed by atoms with Crippen molar-refractivity contribution in [1.82, 2.24) is 5.43 Å². The highest BCUT2D eigenvalue weighted by Crippen LogP contribution is 2.32. The van der Waals surface area contributed by atoms with Crippen LogP contribution in [0.3, 0.4) is 0 Å². The lowest BCUT2D eigenvalue weighted by Gasteiger charge is -2.02. The number of hydrogen-bond acceptors (Lipinski definition) is 6. The molecule has 1 heterocycles. The van der Waals surface area contributed by atoms with E-state index in [1.165, 1.54) is 24.3 Å². The van der Waals surface area contributed by atoms with Crippen molar-refractivity contribution in [2.24, 2.45) is 5.10 Å². The highest BCUT2D eigenvalue weighted by Gasteiger charge is 2.16. The van der Waals surface area contributed by atoms with Gasteiger partial charge in [-0.25, -0.2) is 5.43 Å². The van der Waals surface area contributed by atoms with Crippen LogP contribution in [0.1, 0.15) is 15.9 Å². The van der Waals surface area contributed by atoms with Gasteiger partial charge >= 0.3 is 0 Å². The zero-order chi connectivity index (χ0) is 17.1. The van der Waals surface area contributed by atoms with E-state index in [1.807, 2.05) is 0 Å². The summed E-state index contributed by atoms with van der Waals surface area (Å²) in [7, 11) is 0. The molecule has 0 radical (unpaired) electrons. The van der Waals surface area contributed by atoms with Gasteiger partial charge < -0.3 is 9.47 Å². The second-order valence-electron chi connectivity index (χ2n) is 4.73. The van der Waals surface area contributed by atoms with Crippen LogP contribution in [0.5, 0.6) is 11.5 Å². The number of carbonyl (C=O) groups excluding carboxylic acids is 1. The summed E-state index contributed by atoms with van der Waals surface area (Å²) < 4.78 is 10.3. The first kappa shape index (κ1) is 15.8. The molecule has 1 aliphatic rings. The average molecular weight is 348 g/mol. The Morgan fingerprint density at radius 3 is 2.83 bits per heavy atom. The van der Waals surface area contributed by atoms with E-state index in [2.05, 4.69) is 10.5 Å². The van der Waals surface area contributed by atoms with Crippen LogP contribution >= 0.6 is 11.6 Å². The van der Waals surface area contributed by atoms with Gasteiger partial charge in [0.25, 0.3) is 11.6 Å². The topological polar surface area (TPSA) is 103 Å². The zero-order valence-electron chi connectivity index (χ0n) is 12.1. The summed E-state index contributed by atoms with van der Waals surface area (Å²) in [6.45, 7) is 0.108.